The van der Waals surface area contributed by atoms with Gasteiger partial charge >= 0.3 is 0 Å². The van der Waals surface area contributed by atoms with E-state index in [4.69, 9.17) is 0 Å². The highest BCUT2D eigenvalue weighted by atomic mass is 16.3. The van der Waals surface area contributed by atoms with Gasteiger partial charge in [-0.1, -0.05) is 6.07 Å². The number of aryl methyl sites for hydroxylation is 1. The van der Waals surface area contributed by atoms with Gasteiger partial charge in [0, 0.05) is 18.6 Å². The first-order valence-electron chi connectivity index (χ1n) is 7.49. The van der Waals surface area contributed by atoms with E-state index in [1.807, 2.05) is 17.9 Å². The van der Waals surface area contributed by atoms with Gasteiger partial charge in [0.05, 0.1) is 5.56 Å². The summed E-state index contributed by atoms with van der Waals surface area (Å²) < 4.78 is 0. The number of carbonyl (C=O) groups is 1. The summed E-state index contributed by atoms with van der Waals surface area (Å²) >= 11 is 0. The molecule has 1 aromatic rings. The van der Waals surface area contributed by atoms with Crippen molar-refractivity contribution in [2.75, 3.05) is 13.1 Å². The number of carbonyl (C=O) groups excluding carboxylic acids is 1. The largest absolute Gasteiger partial charge is 0.507 e. The van der Waals surface area contributed by atoms with Gasteiger partial charge in [-0.3, -0.25) is 4.79 Å². The van der Waals surface area contributed by atoms with Gasteiger partial charge in [0.1, 0.15) is 5.75 Å². The monoisotopic (exact) mass is 274 g/mol. The van der Waals surface area contributed by atoms with Crippen molar-refractivity contribution in [3.8, 4) is 5.75 Å². The molecule has 108 valence electrons. The summed E-state index contributed by atoms with van der Waals surface area (Å²) in [6, 6.07) is 6.06. The summed E-state index contributed by atoms with van der Waals surface area (Å²) in [5, 5.41) is 13.5. The van der Waals surface area contributed by atoms with Gasteiger partial charge < -0.3 is 15.3 Å². The maximum Gasteiger partial charge on any atom is 0.257 e. The van der Waals surface area contributed by atoms with E-state index in [-0.39, 0.29) is 11.7 Å². The van der Waals surface area contributed by atoms with Gasteiger partial charge in [0.2, 0.25) is 0 Å². The maximum absolute atomic E-state index is 12.7. The van der Waals surface area contributed by atoms with Crippen LogP contribution in [0.4, 0.5) is 0 Å². The predicted octanol–water partition coefficient (Wildman–Crippen LogP) is 2.06. The lowest BCUT2D eigenvalue weighted by atomic mass is 10.1. The van der Waals surface area contributed by atoms with Crippen LogP contribution >= 0.6 is 0 Å². The predicted molar refractivity (Wildman–Crippen MR) is 77.9 cm³/mol. The zero-order valence-electron chi connectivity index (χ0n) is 11.9. The number of rotatable bonds is 4. The summed E-state index contributed by atoms with van der Waals surface area (Å²) in [6.45, 7) is 3.72. The lowest BCUT2D eigenvalue weighted by Crippen LogP contribution is -2.42. The molecule has 1 amide bonds. The van der Waals surface area contributed by atoms with Crippen molar-refractivity contribution in [1.82, 2.24) is 10.2 Å². The van der Waals surface area contributed by atoms with Crippen LogP contribution in [0.5, 0.6) is 5.75 Å². The number of hydrogen-bond acceptors (Lipinski definition) is 3. The van der Waals surface area contributed by atoms with E-state index >= 15 is 0 Å². The molecule has 20 heavy (non-hydrogen) atoms. The zero-order valence-corrected chi connectivity index (χ0v) is 11.9. The average molecular weight is 274 g/mol. The van der Waals surface area contributed by atoms with Crippen LogP contribution in [-0.4, -0.2) is 41.1 Å². The van der Waals surface area contributed by atoms with E-state index in [0.29, 0.717) is 17.6 Å². The minimum absolute atomic E-state index is 0.0290. The topological polar surface area (TPSA) is 52.6 Å². The average Bonchev–Trinajstić information content (AvgIpc) is 3.12. The third-order valence-corrected chi connectivity index (χ3v) is 4.21. The summed E-state index contributed by atoms with van der Waals surface area (Å²) in [4.78, 5) is 14.6. The number of amides is 1. The summed E-state index contributed by atoms with van der Waals surface area (Å²) in [5.74, 6) is 0.0683. The lowest BCUT2D eigenvalue weighted by Gasteiger charge is -2.26. The number of nitrogens with zero attached hydrogens (tertiary/aromatic N) is 1. The van der Waals surface area contributed by atoms with Crippen molar-refractivity contribution >= 4 is 5.91 Å². The Kier molecular flexibility index (Phi) is 3.66. The molecule has 4 heteroatoms. The standard InChI is InChI=1S/C16H22N2O2/c1-11-4-7-14(15(19)9-11)16(20)18(13-5-6-13)10-12-3-2-8-17-12/h4,7,9,12-13,17,19H,2-3,5-6,8,10H2,1H3. The van der Waals surface area contributed by atoms with E-state index in [2.05, 4.69) is 5.32 Å². The van der Waals surface area contributed by atoms with Gasteiger partial charge in [-0.15, -0.1) is 0 Å². The van der Waals surface area contributed by atoms with Crippen LogP contribution in [0.2, 0.25) is 0 Å². The Bertz CT molecular complexity index is 505. The van der Waals surface area contributed by atoms with Gasteiger partial charge in [-0.2, -0.15) is 0 Å². The number of aromatic hydroxyl groups is 1. The highest BCUT2D eigenvalue weighted by Gasteiger charge is 2.35. The first kappa shape index (κ1) is 13.4. The molecule has 1 atom stereocenters. The normalized spacial score (nSPS) is 21.9. The second kappa shape index (κ2) is 5.44. The molecule has 1 heterocycles. The molecule has 1 aliphatic heterocycles. The second-order valence-corrected chi connectivity index (χ2v) is 6.00. The molecule has 1 saturated carbocycles. The van der Waals surface area contributed by atoms with E-state index < -0.39 is 0 Å². The van der Waals surface area contributed by atoms with Crippen LogP contribution in [0.15, 0.2) is 18.2 Å². The smallest absolute Gasteiger partial charge is 0.257 e. The molecular formula is C16H22N2O2. The molecule has 1 aliphatic carbocycles. The number of hydrogen-bond donors (Lipinski definition) is 2. The summed E-state index contributed by atoms with van der Waals surface area (Å²) in [7, 11) is 0. The maximum atomic E-state index is 12.7. The van der Waals surface area contributed by atoms with Crippen LogP contribution in [0.3, 0.4) is 0 Å². The minimum atomic E-state index is -0.0290. The zero-order chi connectivity index (χ0) is 14.1. The fourth-order valence-electron chi connectivity index (χ4n) is 2.91. The number of benzene rings is 1. The molecular weight excluding hydrogens is 252 g/mol. The van der Waals surface area contributed by atoms with E-state index in [1.54, 1.807) is 12.1 Å². The number of phenolic OH excluding ortho intramolecular Hbond substituents is 1. The van der Waals surface area contributed by atoms with Crippen molar-refractivity contribution in [2.45, 2.75) is 44.7 Å². The fourth-order valence-corrected chi connectivity index (χ4v) is 2.91. The van der Waals surface area contributed by atoms with Crippen LogP contribution in [0.25, 0.3) is 0 Å². The molecule has 4 nitrogen and oxygen atoms in total. The molecule has 0 spiro atoms. The fraction of sp³-hybridized carbons (Fsp3) is 0.562. The summed E-state index contributed by atoms with van der Waals surface area (Å²) in [6.07, 6.45) is 4.50. The van der Waals surface area contributed by atoms with Crippen molar-refractivity contribution < 1.29 is 9.90 Å². The molecule has 2 fully saturated rings. The first-order chi connectivity index (χ1) is 9.65. The van der Waals surface area contributed by atoms with Crippen molar-refractivity contribution in [2.24, 2.45) is 0 Å². The van der Waals surface area contributed by atoms with Crippen molar-refractivity contribution in [3.05, 3.63) is 29.3 Å². The van der Waals surface area contributed by atoms with Crippen LogP contribution in [-0.2, 0) is 0 Å². The molecule has 1 saturated heterocycles. The van der Waals surface area contributed by atoms with Gasteiger partial charge in [0.15, 0.2) is 0 Å². The molecule has 2 aliphatic rings. The van der Waals surface area contributed by atoms with Gasteiger partial charge in [0.25, 0.3) is 5.91 Å². The summed E-state index contributed by atoms with van der Waals surface area (Å²) in [5.41, 5.74) is 1.40. The quantitative estimate of drug-likeness (QED) is 0.883. The third kappa shape index (κ3) is 2.80. The number of phenols is 1. The number of nitrogens with one attached hydrogen (secondary N) is 1. The Hall–Kier alpha value is -1.55. The first-order valence-corrected chi connectivity index (χ1v) is 7.49. The highest BCUT2D eigenvalue weighted by molar-refractivity contribution is 5.97. The Morgan fingerprint density at radius 1 is 1.40 bits per heavy atom. The second-order valence-electron chi connectivity index (χ2n) is 6.00. The van der Waals surface area contributed by atoms with E-state index in [0.717, 1.165) is 37.9 Å². The molecule has 0 bridgehead atoms. The van der Waals surface area contributed by atoms with Crippen molar-refractivity contribution in [3.63, 3.8) is 0 Å². The van der Waals surface area contributed by atoms with E-state index in [1.165, 1.54) is 6.42 Å². The molecule has 1 aromatic carbocycles. The Balaban J connectivity index is 1.77. The lowest BCUT2D eigenvalue weighted by molar-refractivity contribution is 0.0725. The van der Waals surface area contributed by atoms with E-state index in [9.17, 15) is 9.90 Å². The molecule has 0 aromatic heterocycles. The molecule has 3 rings (SSSR count). The Labute approximate surface area is 119 Å². The van der Waals surface area contributed by atoms with Crippen LogP contribution in [0.1, 0.15) is 41.6 Å². The Morgan fingerprint density at radius 2 is 2.20 bits per heavy atom. The third-order valence-electron chi connectivity index (χ3n) is 4.21. The molecule has 1 unspecified atom stereocenters. The van der Waals surface area contributed by atoms with Gasteiger partial charge in [-0.05, 0) is 56.8 Å². The van der Waals surface area contributed by atoms with Gasteiger partial charge in [-0.25, -0.2) is 0 Å². The molecule has 0 radical (unpaired) electrons. The highest BCUT2D eigenvalue weighted by Crippen LogP contribution is 2.31. The SMILES string of the molecule is Cc1ccc(C(=O)N(CC2CCCN2)C2CC2)c(O)c1. The van der Waals surface area contributed by atoms with Crippen LogP contribution < -0.4 is 5.32 Å². The van der Waals surface area contributed by atoms with Crippen LogP contribution in [0, 0.1) is 6.92 Å². The Morgan fingerprint density at radius 3 is 2.80 bits per heavy atom. The molecule has 2 N–H and O–H groups in total. The van der Waals surface area contributed by atoms with Crippen molar-refractivity contribution in [1.29, 1.82) is 0 Å². The minimum Gasteiger partial charge on any atom is -0.507 e.